The monoisotopic (exact) mass is 490 g/mol. The van der Waals surface area contributed by atoms with E-state index in [1.165, 1.54) is 25.7 Å². The molecule has 1 saturated carbocycles. The zero-order chi connectivity index (χ0) is 19.7. The number of aromatic nitrogens is 1. The lowest BCUT2D eigenvalue weighted by molar-refractivity contribution is 0.0847. The van der Waals surface area contributed by atoms with Gasteiger partial charge in [0.15, 0.2) is 0 Å². The molecule has 0 atom stereocenters. The number of rotatable bonds is 3. The third-order valence-electron chi connectivity index (χ3n) is 5.77. The van der Waals surface area contributed by atoms with Gasteiger partial charge in [-0.1, -0.05) is 0 Å². The SMILES string of the molecule is Cc1cc(C(=O)NNC(=O)c2ccc(I)cc2N2CCC3(CC2)CC3)ccn1. The third-order valence-corrected chi connectivity index (χ3v) is 6.45. The van der Waals surface area contributed by atoms with Gasteiger partial charge in [0.2, 0.25) is 0 Å². The Morgan fingerprint density at radius 3 is 2.43 bits per heavy atom. The lowest BCUT2D eigenvalue weighted by atomic mass is 9.93. The van der Waals surface area contributed by atoms with Crippen molar-refractivity contribution in [2.75, 3.05) is 18.0 Å². The van der Waals surface area contributed by atoms with Gasteiger partial charge in [-0.25, -0.2) is 0 Å². The van der Waals surface area contributed by atoms with Crippen LogP contribution >= 0.6 is 22.6 Å². The smallest absolute Gasteiger partial charge is 0.271 e. The molecule has 2 heterocycles. The minimum Gasteiger partial charge on any atom is -0.371 e. The van der Waals surface area contributed by atoms with Crippen molar-refractivity contribution in [3.8, 4) is 0 Å². The van der Waals surface area contributed by atoms with Crippen LogP contribution < -0.4 is 15.8 Å². The van der Waals surface area contributed by atoms with Gasteiger partial charge >= 0.3 is 0 Å². The quantitative estimate of drug-likeness (QED) is 0.511. The number of amides is 2. The fraction of sp³-hybridized carbons (Fsp3) is 0.381. The molecule has 0 bridgehead atoms. The number of carbonyl (C=O) groups excluding carboxylic acids is 2. The number of hydrogen-bond acceptors (Lipinski definition) is 4. The maximum Gasteiger partial charge on any atom is 0.271 e. The van der Waals surface area contributed by atoms with E-state index in [0.29, 0.717) is 16.5 Å². The number of halogens is 1. The second kappa shape index (κ2) is 7.69. The molecular weight excluding hydrogens is 467 g/mol. The summed E-state index contributed by atoms with van der Waals surface area (Å²) in [7, 11) is 0. The molecule has 1 aliphatic heterocycles. The van der Waals surface area contributed by atoms with Crippen molar-refractivity contribution >= 4 is 40.1 Å². The number of anilines is 1. The summed E-state index contributed by atoms with van der Waals surface area (Å²) in [6, 6.07) is 9.09. The van der Waals surface area contributed by atoms with E-state index in [4.69, 9.17) is 0 Å². The molecule has 1 spiro atoms. The van der Waals surface area contributed by atoms with Gasteiger partial charge in [0.05, 0.1) is 11.3 Å². The highest BCUT2D eigenvalue weighted by molar-refractivity contribution is 14.1. The number of aryl methyl sites for hydroxylation is 1. The Morgan fingerprint density at radius 1 is 1.04 bits per heavy atom. The molecule has 0 radical (unpaired) electrons. The summed E-state index contributed by atoms with van der Waals surface area (Å²) in [5.41, 5.74) is 8.37. The highest BCUT2D eigenvalue weighted by atomic mass is 127. The number of pyridine rings is 1. The molecule has 1 aromatic carbocycles. The molecule has 1 aromatic heterocycles. The van der Waals surface area contributed by atoms with E-state index < -0.39 is 0 Å². The molecule has 2 amide bonds. The number of hydrogen-bond donors (Lipinski definition) is 2. The predicted octanol–water partition coefficient (Wildman–Crippen LogP) is 3.45. The maximum atomic E-state index is 12.8. The summed E-state index contributed by atoms with van der Waals surface area (Å²) >= 11 is 2.27. The van der Waals surface area contributed by atoms with Gasteiger partial charge in [-0.15, -0.1) is 0 Å². The molecule has 1 saturated heterocycles. The third kappa shape index (κ3) is 4.14. The van der Waals surface area contributed by atoms with Crippen molar-refractivity contribution in [3.05, 3.63) is 56.9 Å². The molecule has 2 aromatic rings. The van der Waals surface area contributed by atoms with E-state index in [2.05, 4.69) is 49.4 Å². The van der Waals surface area contributed by atoms with E-state index in [1.54, 1.807) is 18.3 Å². The summed E-state index contributed by atoms with van der Waals surface area (Å²) in [5, 5.41) is 0. The number of nitrogens with one attached hydrogen (secondary N) is 2. The Labute approximate surface area is 178 Å². The Hall–Kier alpha value is -2.16. The number of piperidine rings is 1. The summed E-state index contributed by atoms with van der Waals surface area (Å²) in [5.74, 6) is -0.670. The van der Waals surface area contributed by atoms with Crippen molar-refractivity contribution in [1.29, 1.82) is 0 Å². The lowest BCUT2D eigenvalue weighted by Gasteiger charge is -2.35. The highest BCUT2D eigenvalue weighted by Gasteiger charge is 2.44. The van der Waals surface area contributed by atoms with Gasteiger partial charge < -0.3 is 4.90 Å². The van der Waals surface area contributed by atoms with E-state index in [0.717, 1.165) is 28.0 Å². The van der Waals surface area contributed by atoms with Crippen LogP contribution in [0.4, 0.5) is 5.69 Å². The fourth-order valence-electron chi connectivity index (χ4n) is 3.80. The van der Waals surface area contributed by atoms with E-state index in [1.807, 2.05) is 19.1 Å². The first-order chi connectivity index (χ1) is 13.5. The molecule has 2 aliphatic rings. The molecule has 0 unspecified atom stereocenters. The van der Waals surface area contributed by atoms with Crippen LogP contribution in [0.1, 0.15) is 52.1 Å². The van der Waals surface area contributed by atoms with E-state index >= 15 is 0 Å². The zero-order valence-electron chi connectivity index (χ0n) is 15.8. The Morgan fingerprint density at radius 2 is 1.75 bits per heavy atom. The van der Waals surface area contributed by atoms with Gasteiger partial charge in [-0.2, -0.15) is 0 Å². The van der Waals surface area contributed by atoms with Crippen LogP contribution in [-0.2, 0) is 0 Å². The maximum absolute atomic E-state index is 12.8. The van der Waals surface area contributed by atoms with Gasteiger partial charge in [0.25, 0.3) is 11.8 Å². The Balaban J connectivity index is 1.46. The van der Waals surface area contributed by atoms with Crippen LogP contribution in [0, 0.1) is 15.9 Å². The summed E-state index contributed by atoms with van der Waals surface area (Å²) in [6.07, 6.45) is 6.66. The molecule has 146 valence electrons. The number of carbonyl (C=O) groups is 2. The highest BCUT2D eigenvalue weighted by Crippen LogP contribution is 2.54. The second-order valence-electron chi connectivity index (χ2n) is 7.74. The topological polar surface area (TPSA) is 74.3 Å². The largest absolute Gasteiger partial charge is 0.371 e. The van der Waals surface area contributed by atoms with Crippen molar-refractivity contribution in [2.45, 2.75) is 32.6 Å². The van der Waals surface area contributed by atoms with Crippen molar-refractivity contribution in [1.82, 2.24) is 15.8 Å². The minimum atomic E-state index is -0.362. The molecule has 28 heavy (non-hydrogen) atoms. The average Bonchev–Trinajstić information content (AvgIpc) is 3.45. The first-order valence-electron chi connectivity index (χ1n) is 9.54. The average molecular weight is 490 g/mol. The van der Waals surface area contributed by atoms with Crippen molar-refractivity contribution in [2.24, 2.45) is 5.41 Å². The molecule has 4 rings (SSSR count). The number of benzene rings is 1. The second-order valence-corrected chi connectivity index (χ2v) is 8.99. The summed E-state index contributed by atoms with van der Waals surface area (Å²) < 4.78 is 1.09. The van der Waals surface area contributed by atoms with Crippen LogP contribution in [0.2, 0.25) is 0 Å². The van der Waals surface area contributed by atoms with E-state index in [9.17, 15) is 9.59 Å². The van der Waals surface area contributed by atoms with Crippen LogP contribution in [0.15, 0.2) is 36.5 Å². The van der Waals surface area contributed by atoms with Crippen molar-refractivity contribution in [3.63, 3.8) is 0 Å². The summed E-state index contributed by atoms with van der Waals surface area (Å²) in [6.45, 7) is 3.77. The number of nitrogens with zero attached hydrogens (tertiary/aromatic N) is 2. The normalized spacial score (nSPS) is 17.3. The van der Waals surface area contributed by atoms with Gasteiger partial charge in [0, 0.05) is 34.1 Å². The fourth-order valence-corrected chi connectivity index (χ4v) is 4.27. The summed E-state index contributed by atoms with van der Waals surface area (Å²) in [4.78, 5) is 31.5. The molecule has 2 fully saturated rings. The molecular formula is C21H23IN4O2. The Bertz CT molecular complexity index is 916. The molecule has 6 nitrogen and oxygen atoms in total. The minimum absolute atomic E-state index is 0.308. The predicted molar refractivity (Wildman–Crippen MR) is 116 cm³/mol. The molecule has 7 heteroatoms. The van der Waals surface area contributed by atoms with Crippen LogP contribution in [0.5, 0.6) is 0 Å². The first kappa shape index (κ1) is 19.2. The zero-order valence-corrected chi connectivity index (χ0v) is 18.0. The van der Waals surface area contributed by atoms with Gasteiger partial charge in [-0.3, -0.25) is 25.4 Å². The van der Waals surface area contributed by atoms with E-state index in [-0.39, 0.29) is 11.8 Å². The standard InChI is InChI=1S/C21H23IN4O2/c1-14-12-15(4-9-23-14)19(27)24-25-20(28)17-3-2-16(22)13-18(17)26-10-7-21(5-6-21)8-11-26/h2-4,9,12-13H,5-8,10-11H2,1H3,(H,24,27)(H,25,28). The van der Waals surface area contributed by atoms with Crippen molar-refractivity contribution < 1.29 is 9.59 Å². The van der Waals surface area contributed by atoms with Crippen LogP contribution in [0.25, 0.3) is 0 Å². The number of hydrazine groups is 1. The Kier molecular flexibility index (Phi) is 5.27. The molecule has 1 aliphatic carbocycles. The van der Waals surface area contributed by atoms with Gasteiger partial charge in [0.1, 0.15) is 0 Å². The molecule has 2 N–H and O–H groups in total. The lowest BCUT2D eigenvalue weighted by Crippen LogP contribution is -2.43. The van der Waals surface area contributed by atoms with Crippen LogP contribution in [0.3, 0.4) is 0 Å². The van der Waals surface area contributed by atoms with Crippen LogP contribution in [-0.4, -0.2) is 29.9 Å². The van der Waals surface area contributed by atoms with Gasteiger partial charge in [-0.05, 0) is 90.9 Å². The first-order valence-corrected chi connectivity index (χ1v) is 10.6.